The quantitative estimate of drug-likeness (QED) is 0.536. The average molecular weight is 416 g/mol. The third-order valence-corrected chi connectivity index (χ3v) is 4.96. The maximum absolute atomic E-state index is 12.7. The zero-order valence-electron chi connectivity index (χ0n) is 16.2. The average Bonchev–Trinajstić information content (AvgIpc) is 2.91. The molecule has 2 aromatic rings. The number of rotatable bonds is 7. The van der Waals surface area contributed by atoms with E-state index in [1.165, 1.54) is 0 Å². The maximum Gasteiger partial charge on any atom is 0.344 e. The zero-order valence-corrected chi connectivity index (χ0v) is 17.0. The molecular formula is C21H22ClN3O4. The van der Waals surface area contributed by atoms with Crippen molar-refractivity contribution in [3.8, 4) is 5.75 Å². The van der Waals surface area contributed by atoms with Crippen LogP contribution in [0.4, 0.5) is 4.79 Å². The number of nitrogens with zero attached hydrogens (tertiary/aromatic N) is 1. The molecular weight excluding hydrogens is 394 g/mol. The molecule has 29 heavy (non-hydrogen) atoms. The summed E-state index contributed by atoms with van der Waals surface area (Å²) in [4.78, 5) is 37.2. The molecule has 0 aromatic heterocycles. The van der Waals surface area contributed by atoms with Crippen LogP contribution in [0.15, 0.2) is 48.5 Å². The summed E-state index contributed by atoms with van der Waals surface area (Å²) in [6.45, 7) is 3.81. The zero-order chi connectivity index (χ0) is 21.0. The van der Waals surface area contributed by atoms with E-state index >= 15 is 0 Å². The SMILES string of the molecule is Cc1cc(Cl)ccc1OCCCC(=O)NN1C(=O)N[C@@](C)(c2ccccc2)C1=O. The van der Waals surface area contributed by atoms with E-state index in [4.69, 9.17) is 16.3 Å². The first-order valence-corrected chi connectivity index (χ1v) is 9.60. The van der Waals surface area contributed by atoms with Crippen LogP contribution in [0.5, 0.6) is 5.75 Å². The predicted molar refractivity (Wildman–Crippen MR) is 108 cm³/mol. The van der Waals surface area contributed by atoms with Gasteiger partial charge in [0, 0.05) is 11.4 Å². The molecule has 1 aliphatic heterocycles. The molecule has 7 nitrogen and oxygen atoms in total. The molecule has 0 saturated carbocycles. The molecule has 8 heteroatoms. The van der Waals surface area contributed by atoms with E-state index in [2.05, 4.69) is 10.7 Å². The van der Waals surface area contributed by atoms with Gasteiger partial charge in [0.2, 0.25) is 5.91 Å². The highest BCUT2D eigenvalue weighted by molar-refractivity contribution is 6.30. The highest BCUT2D eigenvalue weighted by Gasteiger charge is 2.49. The third-order valence-electron chi connectivity index (χ3n) is 4.72. The van der Waals surface area contributed by atoms with Gasteiger partial charge in [-0.2, -0.15) is 5.01 Å². The molecule has 0 radical (unpaired) electrons. The Morgan fingerprint density at radius 1 is 1.21 bits per heavy atom. The molecule has 1 heterocycles. The summed E-state index contributed by atoms with van der Waals surface area (Å²) in [5.41, 5.74) is 2.70. The largest absolute Gasteiger partial charge is 0.493 e. The number of nitrogens with one attached hydrogen (secondary N) is 2. The van der Waals surface area contributed by atoms with Crippen LogP contribution in [-0.4, -0.2) is 29.5 Å². The minimum absolute atomic E-state index is 0.103. The van der Waals surface area contributed by atoms with Gasteiger partial charge in [0.25, 0.3) is 5.91 Å². The van der Waals surface area contributed by atoms with E-state index in [-0.39, 0.29) is 6.42 Å². The molecule has 0 aliphatic carbocycles. The molecule has 0 unspecified atom stereocenters. The molecule has 3 rings (SSSR count). The number of hydrogen-bond acceptors (Lipinski definition) is 4. The smallest absolute Gasteiger partial charge is 0.344 e. The standard InChI is InChI=1S/C21H22ClN3O4/c1-14-13-16(22)10-11-17(14)29-12-6-9-18(26)24-25-19(27)21(2,23-20(25)28)15-7-4-3-5-8-15/h3-5,7-8,10-11,13H,6,9,12H2,1-2H3,(H,23,28)(H,24,26)/t21-/m0/s1. The van der Waals surface area contributed by atoms with Crippen molar-refractivity contribution in [2.75, 3.05) is 6.61 Å². The number of halogens is 1. The van der Waals surface area contributed by atoms with E-state index in [1.54, 1.807) is 49.4 Å². The lowest BCUT2D eigenvalue weighted by Crippen LogP contribution is -2.47. The van der Waals surface area contributed by atoms with Gasteiger partial charge in [-0.3, -0.25) is 15.0 Å². The number of amides is 4. The van der Waals surface area contributed by atoms with Crippen molar-refractivity contribution < 1.29 is 19.1 Å². The van der Waals surface area contributed by atoms with Gasteiger partial charge in [0.05, 0.1) is 6.61 Å². The molecule has 0 spiro atoms. The summed E-state index contributed by atoms with van der Waals surface area (Å²) in [5.74, 6) is -0.278. The van der Waals surface area contributed by atoms with Crippen molar-refractivity contribution in [3.63, 3.8) is 0 Å². The number of imide groups is 1. The second-order valence-corrected chi connectivity index (χ2v) is 7.39. The number of carbonyl (C=O) groups excluding carboxylic acids is 3. The van der Waals surface area contributed by atoms with Crippen molar-refractivity contribution in [1.82, 2.24) is 15.8 Å². The Morgan fingerprint density at radius 2 is 1.93 bits per heavy atom. The first-order chi connectivity index (χ1) is 13.8. The lowest BCUT2D eigenvalue weighted by Gasteiger charge is -2.22. The molecule has 2 aromatic carbocycles. The summed E-state index contributed by atoms with van der Waals surface area (Å²) in [7, 11) is 0. The Morgan fingerprint density at radius 3 is 2.62 bits per heavy atom. The van der Waals surface area contributed by atoms with E-state index < -0.39 is 23.4 Å². The monoisotopic (exact) mass is 415 g/mol. The van der Waals surface area contributed by atoms with Gasteiger partial charge in [-0.25, -0.2) is 4.79 Å². The van der Waals surface area contributed by atoms with Crippen LogP contribution in [0.2, 0.25) is 5.02 Å². The second-order valence-electron chi connectivity index (χ2n) is 6.96. The number of urea groups is 1. The number of benzene rings is 2. The van der Waals surface area contributed by atoms with Crippen molar-refractivity contribution in [1.29, 1.82) is 0 Å². The van der Waals surface area contributed by atoms with Crippen LogP contribution in [0, 0.1) is 6.92 Å². The van der Waals surface area contributed by atoms with Crippen LogP contribution >= 0.6 is 11.6 Å². The fourth-order valence-electron chi connectivity index (χ4n) is 3.08. The molecule has 2 N–H and O–H groups in total. The fraction of sp³-hybridized carbons (Fsp3) is 0.286. The number of carbonyl (C=O) groups is 3. The van der Waals surface area contributed by atoms with E-state index in [1.807, 2.05) is 13.0 Å². The van der Waals surface area contributed by atoms with Crippen LogP contribution in [0.3, 0.4) is 0 Å². The van der Waals surface area contributed by atoms with Gasteiger partial charge in [-0.05, 0) is 49.6 Å². The number of ether oxygens (including phenoxy) is 1. The molecule has 0 bridgehead atoms. The number of hydrogen-bond donors (Lipinski definition) is 2. The molecule has 1 saturated heterocycles. The summed E-state index contributed by atoms with van der Waals surface area (Å²) >= 11 is 5.91. The Labute approximate surface area is 173 Å². The van der Waals surface area contributed by atoms with Gasteiger partial charge in [0.15, 0.2) is 0 Å². The molecule has 4 amide bonds. The minimum Gasteiger partial charge on any atom is -0.493 e. The summed E-state index contributed by atoms with van der Waals surface area (Å²) in [6.07, 6.45) is 0.527. The first kappa shape index (κ1) is 20.7. The summed E-state index contributed by atoms with van der Waals surface area (Å²) in [6, 6.07) is 13.5. The normalized spacial score (nSPS) is 18.5. The first-order valence-electron chi connectivity index (χ1n) is 9.22. The summed E-state index contributed by atoms with van der Waals surface area (Å²) < 4.78 is 5.65. The van der Waals surface area contributed by atoms with E-state index in [0.29, 0.717) is 29.4 Å². The van der Waals surface area contributed by atoms with E-state index in [0.717, 1.165) is 10.6 Å². The third kappa shape index (κ3) is 4.51. The lowest BCUT2D eigenvalue weighted by molar-refractivity contribution is -0.139. The fourth-order valence-corrected chi connectivity index (χ4v) is 3.30. The molecule has 152 valence electrons. The molecule has 1 atom stereocenters. The Balaban J connectivity index is 1.51. The highest BCUT2D eigenvalue weighted by Crippen LogP contribution is 2.27. The number of hydrazine groups is 1. The minimum atomic E-state index is -1.22. The molecule has 1 aliphatic rings. The van der Waals surface area contributed by atoms with Gasteiger partial charge >= 0.3 is 6.03 Å². The van der Waals surface area contributed by atoms with E-state index in [9.17, 15) is 14.4 Å². The van der Waals surface area contributed by atoms with Crippen LogP contribution in [0.1, 0.15) is 30.9 Å². The van der Waals surface area contributed by atoms with Crippen LogP contribution < -0.4 is 15.5 Å². The maximum atomic E-state index is 12.7. The van der Waals surface area contributed by atoms with Crippen molar-refractivity contribution in [2.24, 2.45) is 0 Å². The van der Waals surface area contributed by atoms with Crippen molar-refractivity contribution in [2.45, 2.75) is 32.2 Å². The second kappa shape index (κ2) is 8.53. The van der Waals surface area contributed by atoms with Crippen LogP contribution in [-0.2, 0) is 15.1 Å². The highest BCUT2D eigenvalue weighted by atomic mass is 35.5. The van der Waals surface area contributed by atoms with Crippen molar-refractivity contribution >= 4 is 29.4 Å². The van der Waals surface area contributed by atoms with Crippen molar-refractivity contribution in [3.05, 3.63) is 64.7 Å². The van der Waals surface area contributed by atoms with Gasteiger partial charge < -0.3 is 10.1 Å². The number of aryl methyl sites for hydroxylation is 1. The van der Waals surface area contributed by atoms with Crippen LogP contribution in [0.25, 0.3) is 0 Å². The Bertz CT molecular complexity index is 935. The lowest BCUT2D eigenvalue weighted by atomic mass is 9.92. The van der Waals surface area contributed by atoms with Gasteiger partial charge in [-0.1, -0.05) is 41.9 Å². The predicted octanol–water partition coefficient (Wildman–Crippen LogP) is 3.31. The Hall–Kier alpha value is -3.06. The Kier molecular flexibility index (Phi) is 6.08. The molecule has 1 fully saturated rings. The van der Waals surface area contributed by atoms with Gasteiger partial charge in [0.1, 0.15) is 11.3 Å². The summed E-state index contributed by atoms with van der Waals surface area (Å²) in [5, 5.41) is 4.00. The van der Waals surface area contributed by atoms with Gasteiger partial charge in [-0.15, -0.1) is 0 Å². The topological polar surface area (TPSA) is 87.7 Å².